The summed E-state index contributed by atoms with van der Waals surface area (Å²) < 4.78 is 33.0. The summed E-state index contributed by atoms with van der Waals surface area (Å²) in [6, 6.07) is 5.88. The first-order valence-electron chi connectivity index (χ1n) is 7.70. The number of anilines is 2. The van der Waals surface area contributed by atoms with E-state index in [0.29, 0.717) is 17.1 Å². The predicted octanol–water partition coefficient (Wildman–Crippen LogP) is 3.00. The normalized spacial score (nSPS) is 15.2. The van der Waals surface area contributed by atoms with E-state index in [0.717, 1.165) is 24.3 Å². The molecular weight excluding hydrogens is 314 g/mol. The molecule has 1 N–H and O–H groups in total. The molecule has 1 aromatic heterocycles. The third kappa shape index (κ3) is 3.06. The standard InChI is InChI=1S/C16H21N3O3S/c1-11-6-7-14(19-8-4-5-9-19)10-15(11)18-23(20,21)16-12(2)17-22-13(16)3/h6-7,10,18H,4-5,8-9H2,1-3H3. The van der Waals surface area contributed by atoms with Crippen LogP contribution in [0.1, 0.15) is 29.9 Å². The van der Waals surface area contributed by atoms with Gasteiger partial charge < -0.3 is 9.42 Å². The Morgan fingerprint density at radius 3 is 2.48 bits per heavy atom. The number of aromatic nitrogens is 1. The van der Waals surface area contributed by atoms with Crippen LogP contribution >= 0.6 is 0 Å². The minimum Gasteiger partial charge on any atom is -0.371 e. The average molecular weight is 335 g/mol. The van der Waals surface area contributed by atoms with Crippen LogP contribution in [0.2, 0.25) is 0 Å². The van der Waals surface area contributed by atoms with Crippen molar-refractivity contribution in [3.05, 3.63) is 35.2 Å². The van der Waals surface area contributed by atoms with Crippen molar-refractivity contribution in [3.63, 3.8) is 0 Å². The third-order valence-electron chi connectivity index (χ3n) is 4.17. The molecule has 0 saturated carbocycles. The van der Waals surface area contributed by atoms with Crippen LogP contribution in [0, 0.1) is 20.8 Å². The fraction of sp³-hybridized carbons (Fsp3) is 0.438. The molecule has 0 unspecified atom stereocenters. The first-order chi connectivity index (χ1) is 10.9. The van der Waals surface area contributed by atoms with Crippen LogP contribution in [0.3, 0.4) is 0 Å². The fourth-order valence-corrected chi connectivity index (χ4v) is 4.40. The third-order valence-corrected chi connectivity index (χ3v) is 5.78. The lowest BCUT2D eigenvalue weighted by molar-refractivity contribution is 0.390. The lowest BCUT2D eigenvalue weighted by Gasteiger charge is -2.20. The molecule has 1 aliphatic heterocycles. The summed E-state index contributed by atoms with van der Waals surface area (Å²) in [6.45, 7) is 7.14. The highest BCUT2D eigenvalue weighted by Gasteiger charge is 2.25. The van der Waals surface area contributed by atoms with E-state index in [2.05, 4.69) is 14.8 Å². The average Bonchev–Trinajstić information content (AvgIpc) is 3.11. The molecule has 1 fully saturated rings. The number of aryl methyl sites for hydroxylation is 3. The molecule has 2 aromatic rings. The molecule has 3 rings (SSSR count). The first-order valence-corrected chi connectivity index (χ1v) is 9.18. The second kappa shape index (κ2) is 5.88. The predicted molar refractivity (Wildman–Crippen MR) is 89.4 cm³/mol. The molecule has 0 atom stereocenters. The minimum atomic E-state index is -3.72. The Morgan fingerprint density at radius 2 is 1.87 bits per heavy atom. The van der Waals surface area contributed by atoms with Gasteiger partial charge in [-0.2, -0.15) is 0 Å². The summed E-state index contributed by atoms with van der Waals surface area (Å²) in [4.78, 5) is 2.39. The second-order valence-corrected chi connectivity index (χ2v) is 7.57. The van der Waals surface area contributed by atoms with Crippen LogP contribution in [0.25, 0.3) is 0 Å². The van der Waals surface area contributed by atoms with Crippen molar-refractivity contribution >= 4 is 21.4 Å². The van der Waals surface area contributed by atoms with Gasteiger partial charge in [-0.25, -0.2) is 8.42 Å². The summed E-state index contributed by atoms with van der Waals surface area (Å²) in [6.07, 6.45) is 2.35. The quantitative estimate of drug-likeness (QED) is 0.929. The van der Waals surface area contributed by atoms with E-state index < -0.39 is 10.0 Å². The van der Waals surface area contributed by atoms with Crippen molar-refractivity contribution in [2.24, 2.45) is 0 Å². The van der Waals surface area contributed by atoms with Gasteiger partial charge in [-0.3, -0.25) is 4.72 Å². The van der Waals surface area contributed by atoms with Crippen LogP contribution in [0.15, 0.2) is 27.6 Å². The molecule has 0 radical (unpaired) electrons. The number of nitrogens with one attached hydrogen (secondary N) is 1. The van der Waals surface area contributed by atoms with E-state index in [1.54, 1.807) is 13.8 Å². The molecular formula is C16H21N3O3S. The van der Waals surface area contributed by atoms with Crippen LogP contribution in [0.4, 0.5) is 11.4 Å². The topological polar surface area (TPSA) is 75.4 Å². The van der Waals surface area contributed by atoms with Gasteiger partial charge in [-0.05, 0) is 51.3 Å². The molecule has 0 bridgehead atoms. The Hall–Kier alpha value is -2.02. The van der Waals surface area contributed by atoms with Gasteiger partial charge >= 0.3 is 0 Å². The van der Waals surface area contributed by atoms with Gasteiger partial charge in [-0.1, -0.05) is 11.2 Å². The molecule has 1 aliphatic rings. The summed E-state index contributed by atoms with van der Waals surface area (Å²) in [7, 11) is -3.72. The molecule has 23 heavy (non-hydrogen) atoms. The van der Waals surface area contributed by atoms with Gasteiger partial charge in [0.05, 0.1) is 5.69 Å². The number of sulfonamides is 1. The Bertz CT molecular complexity index is 802. The SMILES string of the molecule is Cc1ccc(N2CCCC2)cc1NS(=O)(=O)c1c(C)noc1C. The molecule has 6 nitrogen and oxygen atoms in total. The largest absolute Gasteiger partial charge is 0.371 e. The maximum atomic E-state index is 12.7. The van der Waals surface area contributed by atoms with E-state index >= 15 is 0 Å². The Kier molecular flexibility index (Phi) is 4.06. The van der Waals surface area contributed by atoms with Crippen LogP contribution in [-0.4, -0.2) is 26.7 Å². The van der Waals surface area contributed by atoms with Gasteiger partial charge in [0, 0.05) is 18.8 Å². The summed E-state index contributed by atoms with van der Waals surface area (Å²) in [5.74, 6) is 0.295. The summed E-state index contributed by atoms with van der Waals surface area (Å²) in [5, 5.41) is 3.72. The first kappa shape index (κ1) is 15.9. The van der Waals surface area contributed by atoms with E-state index in [9.17, 15) is 8.42 Å². The van der Waals surface area contributed by atoms with Crippen molar-refractivity contribution in [1.82, 2.24) is 5.16 Å². The molecule has 1 aromatic carbocycles. The summed E-state index contributed by atoms with van der Waals surface area (Å²) in [5.41, 5.74) is 2.88. The van der Waals surface area contributed by atoms with Crippen molar-refractivity contribution < 1.29 is 12.9 Å². The zero-order valence-electron chi connectivity index (χ0n) is 13.6. The number of hydrogen-bond donors (Lipinski definition) is 1. The second-order valence-electron chi connectivity index (χ2n) is 5.95. The van der Waals surface area contributed by atoms with Gasteiger partial charge in [0.2, 0.25) is 0 Å². The Balaban J connectivity index is 1.94. The lowest BCUT2D eigenvalue weighted by Crippen LogP contribution is -2.19. The van der Waals surface area contributed by atoms with Crippen molar-refractivity contribution in [2.75, 3.05) is 22.7 Å². The van der Waals surface area contributed by atoms with Crippen LogP contribution in [0.5, 0.6) is 0 Å². The zero-order chi connectivity index (χ0) is 16.6. The number of rotatable bonds is 4. The van der Waals surface area contributed by atoms with Crippen LogP contribution < -0.4 is 9.62 Å². The van der Waals surface area contributed by atoms with Crippen molar-refractivity contribution in [1.29, 1.82) is 0 Å². The van der Waals surface area contributed by atoms with E-state index in [-0.39, 0.29) is 4.90 Å². The van der Waals surface area contributed by atoms with Crippen molar-refractivity contribution in [2.45, 2.75) is 38.5 Å². The molecule has 2 heterocycles. The van der Waals surface area contributed by atoms with Gasteiger partial charge in [0.1, 0.15) is 5.69 Å². The van der Waals surface area contributed by atoms with Gasteiger partial charge in [0.25, 0.3) is 10.0 Å². The van der Waals surface area contributed by atoms with E-state index in [1.165, 1.54) is 12.8 Å². The molecule has 0 aliphatic carbocycles. The maximum Gasteiger partial charge on any atom is 0.267 e. The van der Waals surface area contributed by atoms with Crippen LogP contribution in [-0.2, 0) is 10.0 Å². The molecule has 124 valence electrons. The number of hydrogen-bond acceptors (Lipinski definition) is 5. The minimum absolute atomic E-state index is 0.114. The Labute approximate surface area is 136 Å². The molecule has 0 spiro atoms. The highest BCUT2D eigenvalue weighted by atomic mass is 32.2. The van der Waals surface area contributed by atoms with E-state index in [1.807, 2.05) is 25.1 Å². The highest BCUT2D eigenvalue weighted by molar-refractivity contribution is 7.92. The monoisotopic (exact) mass is 335 g/mol. The maximum absolute atomic E-state index is 12.7. The molecule has 1 saturated heterocycles. The Morgan fingerprint density at radius 1 is 1.17 bits per heavy atom. The zero-order valence-corrected chi connectivity index (χ0v) is 14.4. The highest BCUT2D eigenvalue weighted by Crippen LogP contribution is 2.29. The lowest BCUT2D eigenvalue weighted by atomic mass is 10.2. The van der Waals surface area contributed by atoms with E-state index in [4.69, 9.17) is 4.52 Å². The van der Waals surface area contributed by atoms with Crippen molar-refractivity contribution in [3.8, 4) is 0 Å². The smallest absolute Gasteiger partial charge is 0.267 e. The molecule has 0 amide bonds. The van der Waals surface area contributed by atoms with Gasteiger partial charge in [-0.15, -0.1) is 0 Å². The number of nitrogens with zero attached hydrogens (tertiary/aromatic N) is 2. The number of benzene rings is 1. The fourth-order valence-electron chi connectivity index (χ4n) is 2.95. The van der Waals surface area contributed by atoms with Gasteiger partial charge in [0.15, 0.2) is 10.7 Å². The summed E-state index contributed by atoms with van der Waals surface area (Å²) >= 11 is 0. The molecule has 7 heteroatoms.